The highest BCUT2D eigenvalue weighted by Gasteiger charge is 2.29. The molecule has 2 aromatic rings. The molecule has 0 aromatic carbocycles. The van der Waals surface area contributed by atoms with Crippen molar-refractivity contribution >= 4 is 11.5 Å². The molecule has 4 nitrogen and oxygen atoms in total. The Bertz CT molecular complexity index is 518. The third-order valence-corrected chi connectivity index (χ3v) is 3.25. The molecule has 0 aliphatic heterocycles. The molecule has 1 aliphatic rings. The van der Waals surface area contributed by atoms with E-state index in [0.29, 0.717) is 17.2 Å². The maximum absolute atomic E-state index is 14.0. The van der Waals surface area contributed by atoms with Gasteiger partial charge in [-0.1, -0.05) is 6.42 Å². The molecule has 0 saturated heterocycles. The summed E-state index contributed by atoms with van der Waals surface area (Å²) < 4.78 is 15.6. The molecule has 0 bridgehead atoms. The fourth-order valence-electron chi connectivity index (χ4n) is 2.07. The molecule has 16 heavy (non-hydrogen) atoms. The summed E-state index contributed by atoms with van der Waals surface area (Å²) in [5, 5.41) is 4.00. The van der Waals surface area contributed by atoms with Gasteiger partial charge in [-0.25, -0.2) is 9.37 Å². The van der Waals surface area contributed by atoms with Crippen molar-refractivity contribution in [2.75, 3.05) is 5.73 Å². The minimum absolute atomic E-state index is 0.122. The Hall–Kier alpha value is -1.65. The molecule has 2 aromatic heterocycles. The molecule has 2 N–H and O–H groups in total. The molecule has 5 heteroatoms. The number of fused-ring (bicyclic) bond motifs is 1. The molecule has 0 spiro atoms. The van der Waals surface area contributed by atoms with Gasteiger partial charge in [-0.2, -0.15) is 9.61 Å². The molecule has 1 saturated carbocycles. The van der Waals surface area contributed by atoms with E-state index in [1.165, 1.54) is 4.52 Å². The van der Waals surface area contributed by atoms with Crippen molar-refractivity contribution < 1.29 is 4.39 Å². The highest BCUT2D eigenvalue weighted by Crippen LogP contribution is 2.39. The first-order valence-electron chi connectivity index (χ1n) is 5.50. The van der Waals surface area contributed by atoms with Gasteiger partial charge in [0.1, 0.15) is 12.0 Å². The summed E-state index contributed by atoms with van der Waals surface area (Å²) in [6.45, 7) is 0. The Morgan fingerprint density at radius 1 is 1.50 bits per heavy atom. The molecule has 0 unspecified atom stereocenters. The van der Waals surface area contributed by atoms with Crippen LogP contribution in [0.5, 0.6) is 0 Å². The number of nitrogens with two attached hydrogens (primary N) is 1. The van der Waals surface area contributed by atoms with Gasteiger partial charge in [-0.15, -0.1) is 0 Å². The first kappa shape index (κ1) is 9.57. The number of anilines is 1. The molecular weight excluding hydrogens is 207 g/mol. The van der Waals surface area contributed by atoms with Gasteiger partial charge in [0.2, 0.25) is 0 Å². The van der Waals surface area contributed by atoms with E-state index in [0.717, 1.165) is 19.3 Å². The highest BCUT2D eigenvalue weighted by molar-refractivity contribution is 5.46. The van der Waals surface area contributed by atoms with Crippen LogP contribution in [-0.4, -0.2) is 14.6 Å². The smallest absolute Gasteiger partial charge is 0.157 e. The van der Waals surface area contributed by atoms with E-state index < -0.39 is 6.17 Å². The average molecular weight is 220 g/mol. The predicted octanol–water partition coefficient (Wildman–Crippen LogP) is 2.12. The van der Waals surface area contributed by atoms with Crippen LogP contribution >= 0.6 is 0 Å². The minimum atomic E-state index is -0.990. The minimum Gasteiger partial charge on any atom is -0.384 e. The Morgan fingerprint density at radius 3 is 3.00 bits per heavy atom. The van der Waals surface area contributed by atoms with Gasteiger partial charge >= 0.3 is 0 Å². The fraction of sp³-hybridized carbons (Fsp3) is 0.455. The third kappa shape index (κ3) is 1.35. The molecule has 0 radical (unpaired) electrons. The topological polar surface area (TPSA) is 56.2 Å². The molecule has 3 rings (SSSR count). The number of rotatable bonds is 2. The van der Waals surface area contributed by atoms with Crippen LogP contribution in [0, 0.1) is 5.92 Å². The monoisotopic (exact) mass is 220 g/mol. The second kappa shape index (κ2) is 3.43. The number of hydrogen-bond acceptors (Lipinski definition) is 3. The van der Waals surface area contributed by atoms with Crippen LogP contribution in [-0.2, 0) is 0 Å². The van der Waals surface area contributed by atoms with Crippen LogP contribution in [0.1, 0.15) is 31.1 Å². The molecule has 0 amide bonds. The summed E-state index contributed by atoms with van der Waals surface area (Å²) in [6, 6.07) is 3.32. The number of nitrogen functional groups attached to an aromatic ring is 1. The average Bonchev–Trinajstić information content (AvgIpc) is 2.63. The fourth-order valence-corrected chi connectivity index (χ4v) is 2.07. The maximum Gasteiger partial charge on any atom is 0.157 e. The van der Waals surface area contributed by atoms with Gasteiger partial charge in [-0.3, -0.25) is 0 Å². The SMILES string of the molecule is Nc1cc([C@@H](F)C2CCC2)nc2ccnn12. The zero-order valence-electron chi connectivity index (χ0n) is 8.81. The lowest BCUT2D eigenvalue weighted by Gasteiger charge is -2.28. The number of hydrogen-bond donors (Lipinski definition) is 1. The Kier molecular flexibility index (Phi) is 2.05. The highest BCUT2D eigenvalue weighted by atomic mass is 19.1. The van der Waals surface area contributed by atoms with E-state index in [2.05, 4.69) is 10.1 Å². The van der Waals surface area contributed by atoms with Gasteiger partial charge in [-0.05, 0) is 18.8 Å². The van der Waals surface area contributed by atoms with Crippen molar-refractivity contribution in [3.63, 3.8) is 0 Å². The summed E-state index contributed by atoms with van der Waals surface area (Å²) in [7, 11) is 0. The Labute approximate surface area is 92.3 Å². The summed E-state index contributed by atoms with van der Waals surface area (Å²) in [5.41, 5.74) is 6.84. The molecular formula is C11H13FN4. The lowest BCUT2D eigenvalue weighted by Crippen LogP contribution is -2.18. The van der Waals surface area contributed by atoms with E-state index in [1.807, 2.05) is 0 Å². The quantitative estimate of drug-likeness (QED) is 0.843. The van der Waals surface area contributed by atoms with E-state index in [1.54, 1.807) is 18.3 Å². The lowest BCUT2D eigenvalue weighted by atomic mass is 9.81. The van der Waals surface area contributed by atoms with Crippen molar-refractivity contribution in [1.82, 2.24) is 14.6 Å². The standard InChI is InChI=1S/C11H13FN4/c12-11(7-2-1-3-7)8-6-9(13)16-10(15-8)4-5-14-16/h4-7,11H,1-3,13H2/t11-/m0/s1. The second-order valence-electron chi connectivity index (χ2n) is 4.30. The molecule has 1 atom stereocenters. The predicted molar refractivity (Wildman–Crippen MR) is 58.6 cm³/mol. The van der Waals surface area contributed by atoms with Crippen molar-refractivity contribution in [3.8, 4) is 0 Å². The largest absolute Gasteiger partial charge is 0.384 e. The maximum atomic E-state index is 14.0. The van der Waals surface area contributed by atoms with Crippen LogP contribution < -0.4 is 5.73 Å². The number of aromatic nitrogens is 3. The number of nitrogens with zero attached hydrogens (tertiary/aromatic N) is 3. The van der Waals surface area contributed by atoms with Gasteiger partial charge in [0.05, 0.1) is 11.9 Å². The van der Waals surface area contributed by atoms with Crippen molar-refractivity contribution in [2.24, 2.45) is 5.92 Å². The summed E-state index contributed by atoms with van der Waals surface area (Å²) in [6.07, 6.45) is 3.64. The van der Waals surface area contributed by atoms with Gasteiger partial charge in [0, 0.05) is 12.1 Å². The Morgan fingerprint density at radius 2 is 2.31 bits per heavy atom. The van der Waals surface area contributed by atoms with Crippen LogP contribution in [0.3, 0.4) is 0 Å². The summed E-state index contributed by atoms with van der Waals surface area (Å²) in [5.74, 6) is 0.559. The van der Waals surface area contributed by atoms with Crippen LogP contribution in [0.2, 0.25) is 0 Å². The lowest BCUT2D eigenvalue weighted by molar-refractivity contribution is 0.146. The molecule has 2 heterocycles. The van der Waals surface area contributed by atoms with Crippen LogP contribution in [0.25, 0.3) is 5.65 Å². The van der Waals surface area contributed by atoms with Gasteiger partial charge < -0.3 is 5.73 Å². The first-order valence-corrected chi connectivity index (χ1v) is 5.50. The number of halogens is 1. The molecule has 84 valence electrons. The number of alkyl halides is 1. The summed E-state index contributed by atoms with van der Waals surface area (Å²) in [4.78, 5) is 4.24. The molecule has 1 aliphatic carbocycles. The Balaban J connectivity index is 2.02. The van der Waals surface area contributed by atoms with Crippen LogP contribution in [0.4, 0.5) is 10.2 Å². The van der Waals surface area contributed by atoms with Crippen molar-refractivity contribution in [3.05, 3.63) is 24.0 Å². The zero-order valence-corrected chi connectivity index (χ0v) is 8.81. The third-order valence-electron chi connectivity index (χ3n) is 3.25. The van der Waals surface area contributed by atoms with E-state index >= 15 is 0 Å². The summed E-state index contributed by atoms with van der Waals surface area (Å²) >= 11 is 0. The van der Waals surface area contributed by atoms with Crippen molar-refractivity contribution in [2.45, 2.75) is 25.4 Å². The van der Waals surface area contributed by atoms with E-state index in [-0.39, 0.29) is 5.92 Å². The van der Waals surface area contributed by atoms with Gasteiger partial charge in [0.15, 0.2) is 5.65 Å². The second-order valence-corrected chi connectivity index (χ2v) is 4.30. The zero-order chi connectivity index (χ0) is 11.1. The van der Waals surface area contributed by atoms with Gasteiger partial charge in [0.25, 0.3) is 0 Å². The normalized spacial score (nSPS) is 18.6. The first-order chi connectivity index (χ1) is 7.75. The molecule has 1 fully saturated rings. The van der Waals surface area contributed by atoms with E-state index in [9.17, 15) is 4.39 Å². The van der Waals surface area contributed by atoms with E-state index in [4.69, 9.17) is 5.73 Å². The van der Waals surface area contributed by atoms with Crippen LogP contribution in [0.15, 0.2) is 18.3 Å². The van der Waals surface area contributed by atoms with Crippen molar-refractivity contribution in [1.29, 1.82) is 0 Å².